The van der Waals surface area contributed by atoms with E-state index in [0.29, 0.717) is 45.7 Å². The Morgan fingerprint density at radius 3 is 1.59 bits per heavy atom. The van der Waals surface area contributed by atoms with Crippen LogP contribution in [0.25, 0.3) is 22.3 Å². The molecule has 0 aliphatic rings. The quantitative estimate of drug-likeness (QED) is 0.330. The first-order valence-electron chi connectivity index (χ1n) is 8.88. The normalized spacial score (nSPS) is 11.7. The summed E-state index contributed by atoms with van der Waals surface area (Å²) in [7, 11) is 3.40. The van der Waals surface area contributed by atoms with Gasteiger partial charge in [-0.15, -0.1) is 0 Å². The van der Waals surface area contributed by atoms with Crippen molar-refractivity contribution in [3.05, 3.63) is 33.4 Å². The molecule has 0 saturated carbocycles. The molecule has 0 radical (unpaired) electrons. The Kier molecular flexibility index (Phi) is 5.21. The van der Waals surface area contributed by atoms with Crippen molar-refractivity contribution in [2.24, 2.45) is 14.1 Å². The van der Waals surface area contributed by atoms with E-state index in [1.54, 1.807) is 26.7 Å². The molecule has 0 atom stereocenters. The van der Waals surface area contributed by atoms with Crippen LogP contribution in [-0.4, -0.2) is 50.7 Å². The van der Waals surface area contributed by atoms with Gasteiger partial charge in [-0.05, 0) is 18.9 Å². The summed E-state index contributed by atoms with van der Waals surface area (Å²) in [6.45, 7) is 1.26. The van der Waals surface area contributed by atoms with Gasteiger partial charge in [-0.1, -0.05) is 23.5 Å². The second kappa shape index (κ2) is 7.67. The summed E-state index contributed by atoms with van der Waals surface area (Å²) in [4.78, 5) is 42.5. The van der Waals surface area contributed by atoms with Crippen molar-refractivity contribution >= 4 is 45.9 Å². The third-order valence-electron chi connectivity index (χ3n) is 4.77. The van der Waals surface area contributed by atoms with E-state index in [-0.39, 0.29) is 11.1 Å². The molecule has 0 aromatic carbocycles. The highest BCUT2D eigenvalue weighted by Crippen LogP contribution is 2.16. The van der Waals surface area contributed by atoms with E-state index in [0.717, 1.165) is 6.42 Å². The average molecular weight is 433 g/mol. The lowest BCUT2D eigenvalue weighted by Crippen LogP contribution is -2.20. The van der Waals surface area contributed by atoms with Gasteiger partial charge in [-0.2, -0.15) is 0 Å². The summed E-state index contributed by atoms with van der Waals surface area (Å²) < 4.78 is 6.79. The van der Waals surface area contributed by atoms with Crippen molar-refractivity contribution in [1.29, 1.82) is 0 Å². The van der Waals surface area contributed by atoms with Crippen LogP contribution in [0.4, 0.5) is 0 Å². The Balaban J connectivity index is 1.60. The Bertz CT molecular complexity index is 1230. The minimum Gasteiger partial charge on any atom is -0.315 e. The summed E-state index contributed by atoms with van der Waals surface area (Å²) in [5.41, 5.74) is 1.61. The molecule has 0 fully saturated rings. The van der Waals surface area contributed by atoms with Crippen LogP contribution >= 0.6 is 23.5 Å². The number of rotatable bonds is 6. The Morgan fingerprint density at radius 2 is 1.21 bits per heavy atom. The Morgan fingerprint density at radius 1 is 0.793 bits per heavy atom. The van der Waals surface area contributed by atoms with Gasteiger partial charge in [0.1, 0.15) is 0 Å². The minimum atomic E-state index is -0.150. The molecule has 0 bridgehead atoms. The van der Waals surface area contributed by atoms with Gasteiger partial charge in [0.2, 0.25) is 0 Å². The molecule has 0 spiro atoms. The minimum absolute atomic E-state index is 0.150. The van der Waals surface area contributed by atoms with E-state index in [1.165, 1.54) is 32.7 Å². The van der Waals surface area contributed by atoms with Gasteiger partial charge in [0.15, 0.2) is 32.6 Å². The second-order valence-electron chi connectivity index (χ2n) is 6.50. The molecular weight excluding hydrogens is 412 g/mol. The van der Waals surface area contributed by atoms with Crippen LogP contribution in [0.5, 0.6) is 0 Å². The predicted octanol–water partition coefficient (Wildman–Crippen LogP) is 1.11. The van der Waals surface area contributed by atoms with Gasteiger partial charge in [-0.25, -0.2) is 19.9 Å². The maximum Gasteiger partial charge on any atom is 0.282 e. The first kappa shape index (κ1) is 19.7. The van der Waals surface area contributed by atoms with Crippen LogP contribution in [0.3, 0.4) is 0 Å². The van der Waals surface area contributed by atoms with E-state index in [2.05, 4.69) is 19.9 Å². The zero-order chi connectivity index (χ0) is 20.7. The van der Waals surface area contributed by atoms with Crippen LogP contribution in [0.2, 0.25) is 0 Å². The van der Waals surface area contributed by atoms with Crippen LogP contribution in [-0.2, 0) is 27.2 Å². The maximum absolute atomic E-state index is 12.4. The number of imidazole rings is 2. The molecule has 4 rings (SSSR count). The first-order valence-corrected chi connectivity index (χ1v) is 11.3. The SMILES string of the molecule is CSc1nc2c(ncn2CCCn2cnc3c(=O)n(C)c(SC)nc32)c(=O)n1C. The molecular formula is C17H20N8O2S2. The van der Waals surface area contributed by atoms with Crippen LogP contribution in [0.1, 0.15) is 6.42 Å². The molecule has 152 valence electrons. The van der Waals surface area contributed by atoms with E-state index in [1.807, 2.05) is 21.6 Å². The molecule has 4 aromatic rings. The highest BCUT2D eigenvalue weighted by molar-refractivity contribution is 7.98. The number of aromatic nitrogens is 8. The molecule has 29 heavy (non-hydrogen) atoms. The van der Waals surface area contributed by atoms with Crippen molar-refractivity contribution in [2.45, 2.75) is 29.8 Å². The summed E-state index contributed by atoms with van der Waals surface area (Å²) in [6, 6.07) is 0. The van der Waals surface area contributed by atoms with E-state index >= 15 is 0 Å². The largest absolute Gasteiger partial charge is 0.315 e. The average Bonchev–Trinajstić information content (AvgIpc) is 3.32. The van der Waals surface area contributed by atoms with Crippen LogP contribution in [0, 0.1) is 0 Å². The molecule has 0 aliphatic heterocycles. The number of hydrogen-bond acceptors (Lipinski definition) is 8. The first-order chi connectivity index (χ1) is 14.0. The lowest BCUT2D eigenvalue weighted by molar-refractivity contribution is 0.571. The fraction of sp³-hybridized carbons (Fsp3) is 0.412. The third-order valence-corrected chi connectivity index (χ3v) is 6.24. The maximum atomic E-state index is 12.4. The fourth-order valence-corrected chi connectivity index (χ4v) is 4.28. The molecule has 0 amide bonds. The Labute approximate surface area is 174 Å². The molecule has 10 nitrogen and oxygen atoms in total. The summed E-state index contributed by atoms with van der Waals surface area (Å²) in [6.07, 6.45) is 7.81. The van der Waals surface area contributed by atoms with Gasteiger partial charge in [0, 0.05) is 27.2 Å². The molecule has 0 aliphatic carbocycles. The van der Waals surface area contributed by atoms with Gasteiger partial charge < -0.3 is 9.13 Å². The van der Waals surface area contributed by atoms with Crippen LogP contribution < -0.4 is 11.1 Å². The summed E-state index contributed by atoms with van der Waals surface area (Å²) in [5.74, 6) is 0. The highest BCUT2D eigenvalue weighted by atomic mass is 32.2. The van der Waals surface area contributed by atoms with Crippen molar-refractivity contribution in [1.82, 2.24) is 38.2 Å². The Hall–Kier alpha value is -2.60. The number of aryl methyl sites for hydroxylation is 2. The third kappa shape index (κ3) is 3.25. The lowest BCUT2D eigenvalue weighted by atomic mass is 10.4. The monoisotopic (exact) mass is 432 g/mol. The molecule has 4 heterocycles. The van der Waals surface area contributed by atoms with Crippen molar-refractivity contribution in [3.8, 4) is 0 Å². The molecule has 0 saturated heterocycles. The highest BCUT2D eigenvalue weighted by Gasteiger charge is 2.15. The predicted molar refractivity (Wildman–Crippen MR) is 114 cm³/mol. The van der Waals surface area contributed by atoms with E-state index < -0.39 is 0 Å². The lowest BCUT2D eigenvalue weighted by Gasteiger charge is -2.08. The van der Waals surface area contributed by atoms with Crippen LogP contribution in [0.15, 0.2) is 32.6 Å². The zero-order valence-electron chi connectivity index (χ0n) is 16.5. The number of fused-ring (bicyclic) bond motifs is 2. The van der Waals surface area contributed by atoms with Crippen molar-refractivity contribution in [2.75, 3.05) is 12.5 Å². The van der Waals surface area contributed by atoms with Crippen molar-refractivity contribution < 1.29 is 0 Å². The topological polar surface area (TPSA) is 105 Å². The summed E-state index contributed by atoms with van der Waals surface area (Å²) >= 11 is 2.84. The number of thioether (sulfide) groups is 2. The standard InChI is InChI=1S/C17H20N8O2S2/c1-22-14(26)10-12(20-16(22)28-3)24(8-18-10)6-5-7-25-9-19-11-13(25)21-17(29-4)23(2)15(11)27/h8-9H,5-7H2,1-4H3. The van der Waals surface area contributed by atoms with E-state index in [4.69, 9.17) is 0 Å². The van der Waals surface area contributed by atoms with E-state index in [9.17, 15) is 9.59 Å². The van der Waals surface area contributed by atoms with Gasteiger partial charge in [0.25, 0.3) is 11.1 Å². The fourth-order valence-electron chi connectivity index (χ4n) is 3.21. The molecule has 4 aromatic heterocycles. The molecule has 0 unspecified atom stereocenters. The second-order valence-corrected chi connectivity index (χ2v) is 8.05. The summed E-state index contributed by atoms with van der Waals surface area (Å²) in [5, 5.41) is 1.30. The van der Waals surface area contributed by atoms with Crippen molar-refractivity contribution in [3.63, 3.8) is 0 Å². The number of nitrogens with zero attached hydrogens (tertiary/aromatic N) is 8. The van der Waals surface area contributed by atoms with Gasteiger partial charge in [0.05, 0.1) is 12.7 Å². The van der Waals surface area contributed by atoms with Gasteiger partial charge >= 0.3 is 0 Å². The van der Waals surface area contributed by atoms with Gasteiger partial charge in [-0.3, -0.25) is 18.7 Å². The molecule has 12 heteroatoms. The smallest absolute Gasteiger partial charge is 0.282 e. The number of hydrogen-bond donors (Lipinski definition) is 0. The molecule has 0 N–H and O–H groups in total. The zero-order valence-corrected chi connectivity index (χ0v) is 18.1.